The third-order valence-corrected chi connectivity index (χ3v) is 6.46. The molecule has 0 aliphatic carbocycles. The van der Waals surface area contributed by atoms with Gasteiger partial charge < -0.3 is 14.0 Å². The van der Waals surface area contributed by atoms with E-state index in [0.717, 1.165) is 16.3 Å². The molecule has 0 saturated heterocycles. The molecule has 12 heteroatoms. The summed E-state index contributed by atoms with van der Waals surface area (Å²) in [6, 6.07) is 0. The Balaban J connectivity index is 2.14. The van der Waals surface area contributed by atoms with Crippen LogP contribution >= 0.6 is 23.5 Å². The lowest BCUT2D eigenvalue weighted by Crippen LogP contribution is -2.37. The van der Waals surface area contributed by atoms with Crippen molar-refractivity contribution < 1.29 is 19.1 Å². The summed E-state index contributed by atoms with van der Waals surface area (Å²) in [5.41, 5.74) is -0.627. The molecule has 0 fully saturated rings. The van der Waals surface area contributed by atoms with Gasteiger partial charge in [0.2, 0.25) is 0 Å². The Morgan fingerprint density at radius 1 is 1.00 bits per heavy atom. The van der Waals surface area contributed by atoms with Crippen molar-refractivity contribution in [2.45, 2.75) is 50.9 Å². The predicted octanol–water partition coefficient (Wildman–Crippen LogP) is 1.34. The van der Waals surface area contributed by atoms with Gasteiger partial charge in [-0.25, -0.2) is 19.4 Å². The number of hydrogen-bond donors (Lipinski definition) is 0. The van der Waals surface area contributed by atoms with Crippen molar-refractivity contribution in [2.24, 2.45) is 14.1 Å². The lowest BCUT2D eigenvalue weighted by molar-refractivity contribution is -0.150. The van der Waals surface area contributed by atoms with Crippen LogP contribution in [0.2, 0.25) is 0 Å². The fraction of sp³-hybridized carbons (Fsp3) is 0.500. The number of ether oxygens (including phenoxy) is 2. The van der Waals surface area contributed by atoms with E-state index in [4.69, 9.17) is 9.47 Å². The highest BCUT2D eigenvalue weighted by atomic mass is 32.2. The average molecular weight is 455 g/mol. The fourth-order valence-corrected chi connectivity index (χ4v) is 5.12. The largest absolute Gasteiger partial charge is 0.459 e. The number of esters is 2. The van der Waals surface area contributed by atoms with E-state index in [-0.39, 0.29) is 22.6 Å². The van der Waals surface area contributed by atoms with Gasteiger partial charge in [-0.2, -0.15) is 0 Å². The van der Waals surface area contributed by atoms with Gasteiger partial charge in [-0.15, -0.1) is 0 Å². The van der Waals surface area contributed by atoms with E-state index in [2.05, 4.69) is 4.98 Å². The van der Waals surface area contributed by atoms with Crippen molar-refractivity contribution in [3.8, 4) is 0 Å². The molecule has 3 heterocycles. The smallest absolute Gasteiger partial charge is 0.347 e. The van der Waals surface area contributed by atoms with E-state index in [1.165, 1.54) is 30.4 Å². The number of hydrogen-bond acceptors (Lipinski definition) is 9. The molecule has 1 aliphatic heterocycles. The van der Waals surface area contributed by atoms with Gasteiger partial charge in [-0.05, 0) is 39.5 Å². The summed E-state index contributed by atoms with van der Waals surface area (Å²) in [4.78, 5) is 54.5. The molecule has 0 N–H and O–H groups in total. The number of carbonyl (C=O) groups is 2. The van der Waals surface area contributed by atoms with E-state index in [1.54, 1.807) is 32.3 Å². The third-order valence-electron chi connectivity index (χ3n) is 4.12. The zero-order valence-electron chi connectivity index (χ0n) is 17.4. The molecule has 0 spiro atoms. The quantitative estimate of drug-likeness (QED) is 0.292. The molecule has 2 aromatic heterocycles. The number of fused-ring (bicyclic) bond motifs is 3. The molecule has 0 radical (unpaired) electrons. The second kappa shape index (κ2) is 8.34. The maximum atomic E-state index is 12.6. The van der Waals surface area contributed by atoms with E-state index in [1.807, 2.05) is 0 Å². The Labute approximate surface area is 180 Å². The molecule has 162 valence electrons. The molecule has 10 nitrogen and oxygen atoms in total. The van der Waals surface area contributed by atoms with Gasteiger partial charge in [0.05, 0.1) is 22.3 Å². The van der Waals surface area contributed by atoms with Crippen LogP contribution in [0.1, 0.15) is 27.7 Å². The van der Waals surface area contributed by atoms with Crippen molar-refractivity contribution >= 4 is 46.6 Å². The highest BCUT2D eigenvalue weighted by Crippen LogP contribution is 2.44. The molecule has 0 saturated carbocycles. The molecule has 0 bridgehead atoms. The lowest BCUT2D eigenvalue weighted by atomic mass is 10.3. The molecule has 0 unspecified atom stereocenters. The van der Waals surface area contributed by atoms with Crippen LogP contribution in [-0.4, -0.2) is 42.8 Å². The Hall–Kier alpha value is -2.47. The van der Waals surface area contributed by atoms with Gasteiger partial charge in [0.1, 0.15) is 0 Å². The van der Waals surface area contributed by atoms with Crippen LogP contribution in [0, 0.1) is 0 Å². The number of aromatic nitrogens is 4. The van der Waals surface area contributed by atoms with E-state index < -0.39 is 35.4 Å². The summed E-state index contributed by atoms with van der Waals surface area (Å²) in [6.07, 6.45) is -0.832. The molecule has 0 aromatic carbocycles. The van der Waals surface area contributed by atoms with Gasteiger partial charge in [0.15, 0.2) is 21.9 Å². The first-order chi connectivity index (χ1) is 14.0. The van der Waals surface area contributed by atoms with Crippen LogP contribution in [0.5, 0.6) is 0 Å². The molecule has 30 heavy (non-hydrogen) atoms. The Bertz CT molecular complexity index is 1160. The summed E-state index contributed by atoms with van der Waals surface area (Å²) >= 11 is 2.26. The van der Waals surface area contributed by atoms with Crippen molar-refractivity contribution in [1.82, 2.24) is 18.7 Å². The molecule has 0 atom stereocenters. The van der Waals surface area contributed by atoms with Crippen LogP contribution < -0.4 is 11.2 Å². The first-order valence-corrected chi connectivity index (χ1v) is 11.0. The molecule has 0 amide bonds. The Morgan fingerprint density at radius 3 is 2.10 bits per heavy atom. The number of carbonyl (C=O) groups excluding carboxylic acids is 2. The normalized spacial score (nSPS) is 13.7. The number of imidazole rings is 1. The second-order valence-corrected chi connectivity index (χ2v) is 9.34. The standard InChI is InChI=1S/C18H22N4O6S2/c1-8(2)27-14(24)10(15(25)28-9(3)4)16-29-7-22-11-12(19-17(22)30-16)20(5)18(26)21(6)13(11)23/h8-9H,7H2,1-6H3. The monoisotopic (exact) mass is 454 g/mol. The van der Waals surface area contributed by atoms with Gasteiger partial charge in [0, 0.05) is 14.1 Å². The summed E-state index contributed by atoms with van der Waals surface area (Å²) in [5.74, 6) is -1.33. The Morgan fingerprint density at radius 2 is 1.57 bits per heavy atom. The summed E-state index contributed by atoms with van der Waals surface area (Å²) in [7, 11) is 2.93. The van der Waals surface area contributed by atoms with Gasteiger partial charge in [-0.1, -0.05) is 11.8 Å². The lowest BCUT2D eigenvalue weighted by Gasteiger charge is -2.20. The van der Waals surface area contributed by atoms with Gasteiger partial charge in [0.25, 0.3) is 5.56 Å². The third kappa shape index (κ3) is 3.93. The van der Waals surface area contributed by atoms with Crippen LogP contribution in [-0.2, 0) is 39.0 Å². The number of aryl methyl sites for hydroxylation is 1. The van der Waals surface area contributed by atoms with Crippen molar-refractivity contribution in [3.05, 3.63) is 30.6 Å². The van der Waals surface area contributed by atoms with Crippen LogP contribution in [0.3, 0.4) is 0 Å². The molecular weight excluding hydrogens is 432 g/mol. The molecular formula is C18H22N4O6S2. The second-order valence-electron chi connectivity index (χ2n) is 7.15. The number of nitrogens with zero attached hydrogens (tertiary/aromatic N) is 4. The first-order valence-electron chi connectivity index (χ1n) is 9.16. The topological polar surface area (TPSA) is 114 Å². The molecule has 3 rings (SSSR count). The van der Waals surface area contributed by atoms with E-state index >= 15 is 0 Å². The van der Waals surface area contributed by atoms with Crippen LogP contribution in [0.15, 0.2) is 24.6 Å². The first kappa shape index (κ1) is 22.2. The van der Waals surface area contributed by atoms with Crippen LogP contribution in [0.25, 0.3) is 11.2 Å². The van der Waals surface area contributed by atoms with Crippen LogP contribution in [0.4, 0.5) is 0 Å². The maximum Gasteiger partial charge on any atom is 0.347 e. The Kier molecular flexibility index (Phi) is 6.18. The highest BCUT2D eigenvalue weighted by molar-refractivity contribution is 8.22. The molecule has 1 aliphatic rings. The van der Waals surface area contributed by atoms with Gasteiger partial charge >= 0.3 is 17.6 Å². The minimum absolute atomic E-state index is 0.201. The highest BCUT2D eigenvalue weighted by Gasteiger charge is 2.33. The zero-order valence-corrected chi connectivity index (χ0v) is 19.0. The van der Waals surface area contributed by atoms with E-state index in [9.17, 15) is 19.2 Å². The fourth-order valence-electron chi connectivity index (χ4n) is 2.78. The predicted molar refractivity (Wildman–Crippen MR) is 113 cm³/mol. The number of rotatable bonds is 4. The minimum atomic E-state index is -0.779. The van der Waals surface area contributed by atoms with Crippen molar-refractivity contribution in [2.75, 3.05) is 0 Å². The van der Waals surface area contributed by atoms with Crippen molar-refractivity contribution in [1.29, 1.82) is 0 Å². The maximum absolute atomic E-state index is 12.6. The summed E-state index contributed by atoms with van der Waals surface area (Å²) in [6.45, 7) is 6.74. The number of thioether (sulfide) groups is 2. The average Bonchev–Trinajstić information content (AvgIpc) is 3.02. The van der Waals surface area contributed by atoms with E-state index in [0.29, 0.717) is 9.39 Å². The van der Waals surface area contributed by atoms with Crippen molar-refractivity contribution in [3.63, 3.8) is 0 Å². The van der Waals surface area contributed by atoms with Gasteiger partial charge in [-0.3, -0.25) is 13.9 Å². The zero-order chi connectivity index (χ0) is 22.3. The summed E-state index contributed by atoms with van der Waals surface area (Å²) < 4.78 is 14.8. The summed E-state index contributed by atoms with van der Waals surface area (Å²) in [5, 5.41) is 0.393. The minimum Gasteiger partial charge on any atom is -0.459 e. The SMILES string of the molecule is CC(C)OC(=O)C(C(=O)OC(C)C)=C1SCn2c(nc3c2c(=O)n(C)c(=O)n3C)S1. The molecule has 2 aromatic rings.